The lowest BCUT2D eigenvalue weighted by Crippen LogP contribution is -2.42. The molecule has 1 aliphatic carbocycles. The molecule has 10 heteroatoms. The van der Waals surface area contributed by atoms with E-state index < -0.39 is 11.7 Å². The third-order valence-electron chi connectivity index (χ3n) is 3.06. The first kappa shape index (κ1) is 16.7. The molecule has 3 rings (SSSR count). The molecule has 0 saturated heterocycles. The summed E-state index contributed by atoms with van der Waals surface area (Å²) in [6.45, 7) is 0. The zero-order chi connectivity index (χ0) is 16.9. The van der Waals surface area contributed by atoms with E-state index in [0.29, 0.717) is 10.4 Å². The van der Waals surface area contributed by atoms with Gasteiger partial charge in [0.15, 0.2) is 4.34 Å². The predicted molar refractivity (Wildman–Crippen MR) is 89.3 cm³/mol. The summed E-state index contributed by atoms with van der Waals surface area (Å²) < 4.78 is 13.5. The van der Waals surface area contributed by atoms with Gasteiger partial charge in [0.05, 0.1) is 5.75 Å². The fourth-order valence-electron chi connectivity index (χ4n) is 1.69. The second kappa shape index (κ2) is 7.58. The molecule has 1 saturated carbocycles. The maximum atomic E-state index is 12.8. The Morgan fingerprint density at radius 3 is 2.67 bits per heavy atom. The van der Waals surface area contributed by atoms with Crippen LogP contribution in [0.4, 0.5) is 9.52 Å². The molecule has 1 fully saturated rings. The van der Waals surface area contributed by atoms with Crippen molar-refractivity contribution in [3.05, 3.63) is 35.6 Å². The van der Waals surface area contributed by atoms with Crippen LogP contribution >= 0.6 is 23.1 Å². The molecule has 0 atom stereocenters. The van der Waals surface area contributed by atoms with E-state index in [1.54, 1.807) is 0 Å². The number of hydrazine groups is 1. The molecular weight excluding hydrogens is 353 g/mol. The topological polar surface area (TPSA) is 96.0 Å². The van der Waals surface area contributed by atoms with Crippen LogP contribution in [0.5, 0.6) is 0 Å². The Morgan fingerprint density at radius 2 is 1.96 bits per heavy atom. The summed E-state index contributed by atoms with van der Waals surface area (Å²) in [5, 5.41) is 12.0. The number of aromatic nitrogens is 2. The van der Waals surface area contributed by atoms with Crippen molar-refractivity contribution in [2.24, 2.45) is 0 Å². The highest BCUT2D eigenvalue weighted by Gasteiger charge is 2.22. The number of amides is 2. The fraction of sp³-hybridized carbons (Fsp3) is 0.286. The number of anilines is 1. The Bertz CT molecular complexity index is 733. The maximum Gasteiger partial charge on any atom is 0.269 e. The standard InChI is InChI=1S/C14H14FN5O2S2/c15-9-3-1-8(2-4-9)12(22)18-17-11(21)7-23-14-20-19-13(24-14)16-10-5-6-10/h1-4,10H,5-7H2,(H,16,19)(H,17,21)(H,18,22). The molecule has 0 spiro atoms. The lowest BCUT2D eigenvalue weighted by atomic mass is 10.2. The SMILES string of the molecule is O=C(CSc1nnc(NC2CC2)s1)NNC(=O)c1ccc(F)cc1. The molecule has 1 aromatic heterocycles. The van der Waals surface area contributed by atoms with Gasteiger partial charge in [0.1, 0.15) is 5.82 Å². The average Bonchev–Trinajstić information content (AvgIpc) is 3.28. The summed E-state index contributed by atoms with van der Waals surface area (Å²) in [5.41, 5.74) is 4.83. The first-order chi connectivity index (χ1) is 11.6. The van der Waals surface area contributed by atoms with Crippen molar-refractivity contribution in [3.63, 3.8) is 0 Å². The number of nitrogens with one attached hydrogen (secondary N) is 3. The molecule has 1 heterocycles. The van der Waals surface area contributed by atoms with Crippen LogP contribution in [0.3, 0.4) is 0 Å². The van der Waals surface area contributed by atoms with Gasteiger partial charge in [-0.3, -0.25) is 20.4 Å². The van der Waals surface area contributed by atoms with Crippen molar-refractivity contribution in [1.82, 2.24) is 21.0 Å². The Kier molecular flexibility index (Phi) is 5.26. The van der Waals surface area contributed by atoms with Gasteiger partial charge in [-0.25, -0.2) is 4.39 Å². The minimum Gasteiger partial charge on any atom is -0.357 e. The lowest BCUT2D eigenvalue weighted by Gasteiger charge is -2.06. The highest BCUT2D eigenvalue weighted by atomic mass is 32.2. The molecule has 2 amide bonds. The minimum atomic E-state index is -0.514. The number of hydrogen-bond donors (Lipinski definition) is 3. The van der Waals surface area contributed by atoms with Crippen LogP contribution in [0, 0.1) is 5.82 Å². The summed E-state index contributed by atoms with van der Waals surface area (Å²) >= 11 is 2.63. The molecule has 0 radical (unpaired) electrons. The monoisotopic (exact) mass is 367 g/mol. The number of rotatable bonds is 6. The third kappa shape index (κ3) is 4.90. The van der Waals surface area contributed by atoms with Crippen LogP contribution in [0.15, 0.2) is 28.6 Å². The Balaban J connectivity index is 1.39. The summed E-state index contributed by atoms with van der Waals surface area (Å²) in [5.74, 6) is -1.22. The molecular formula is C14H14FN5O2S2. The number of halogens is 1. The minimum absolute atomic E-state index is 0.0990. The first-order valence-electron chi connectivity index (χ1n) is 7.18. The number of nitrogens with zero attached hydrogens (tertiary/aromatic N) is 2. The van der Waals surface area contributed by atoms with Gasteiger partial charge in [-0.2, -0.15) is 0 Å². The number of carbonyl (C=O) groups excluding carboxylic acids is 2. The number of carbonyl (C=O) groups is 2. The van der Waals surface area contributed by atoms with E-state index in [1.807, 2.05) is 0 Å². The quantitative estimate of drug-likeness (QED) is 0.532. The van der Waals surface area contributed by atoms with E-state index in [2.05, 4.69) is 26.4 Å². The van der Waals surface area contributed by atoms with Gasteiger partial charge in [0.2, 0.25) is 11.0 Å². The van der Waals surface area contributed by atoms with Crippen molar-refractivity contribution in [2.75, 3.05) is 11.1 Å². The summed E-state index contributed by atoms with van der Waals surface area (Å²) in [7, 11) is 0. The van der Waals surface area contributed by atoms with Gasteiger partial charge >= 0.3 is 0 Å². The smallest absolute Gasteiger partial charge is 0.269 e. The van der Waals surface area contributed by atoms with Crippen LogP contribution in [-0.4, -0.2) is 33.8 Å². The van der Waals surface area contributed by atoms with E-state index in [1.165, 1.54) is 47.4 Å². The van der Waals surface area contributed by atoms with Gasteiger partial charge in [-0.1, -0.05) is 23.1 Å². The first-order valence-corrected chi connectivity index (χ1v) is 8.98. The molecule has 126 valence electrons. The van der Waals surface area contributed by atoms with Crippen LogP contribution in [0.25, 0.3) is 0 Å². The second-order valence-electron chi connectivity index (χ2n) is 5.09. The fourth-order valence-corrected chi connectivity index (χ4v) is 3.32. The Labute approximate surface area is 145 Å². The van der Waals surface area contributed by atoms with Crippen molar-refractivity contribution >= 4 is 40.0 Å². The van der Waals surface area contributed by atoms with Gasteiger partial charge in [-0.05, 0) is 37.1 Å². The lowest BCUT2D eigenvalue weighted by molar-refractivity contribution is -0.119. The molecule has 0 aliphatic heterocycles. The highest BCUT2D eigenvalue weighted by molar-refractivity contribution is 8.01. The molecule has 24 heavy (non-hydrogen) atoms. The van der Waals surface area contributed by atoms with Crippen LogP contribution in [0.2, 0.25) is 0 Å². The van der Waals surface area contributed by atoms with Crippen molar-refractivity contribution in [2.45, 2.75) is 23.2 Å². The van der Waals surface area contributed by atoms with E-state index in [9.17, 15) is 14.0 Å². The molecule has 7 nitrogen and oxygen atoms in total. The predicted octanol–water partition coefficient (Wildman–Crippen LogP) is 1.80. The summed E-state index contributed by atoms with van der Waals surface area (Å²) in [6.07, 6.45) is 2.30. The Morgan fingerprint density at radius 1 is 1.21 bits per heavy atom. The molecule has 0 unspecified atom stereocenters. The zero-order valence-corrected chi connectivity index (χ0v) is 14.0. The third-order valence-corrected chi connectivity index (χ3v) is 5.05. The van der Waals surface area contributed by atoms with Gasteiger partial charge in [0.25, 0.3) is 5.91 Å². The largest absolute Gasteiger partial charge is 0.357 e. The van der Waals surface area contributed by atoms with Crippen molar-refractivity contribution < 1.29 is 14.0 Å². The second-order valence-corrected chi connectivity index (χ2v) is 7.29. The molecule has 2 aromatic rings. The van der Waals surface area contributed by atoms with Crippen LogP contribution < -0.4 is 16.2 Å². The zero-order valence-electron chi connectivity index (χ0n) is 12.4. The van der Waals surface area contributed by atoms with Crippen molar-refractivity contribution in [3.8, 4) is 0 Å². The van der Waals surface area contributed by atoms with E-state index in [-0.39, 0.29) is 17.2 Å². The number of hydrogen-bond acceptors (Lipinski definition) is 7. The van der Waals surface area contributed by atoms with E-state index >= 15 is 0 Å². The van der Waals surface area contributed by atoms with Gasteiger partial charge in [-0.15, -0.1) is 10.2 Å². The van der Waals surface area contributed by atoms with E-state index in [0.717, 1.165) is 18.0 Å². The van der Waals surface area contributed by atoms with Crippen LogP contribution in [-0.2, 0) is 4.79 Å². The van der Waals surface area contributed by atoms with E-state index in [4.69, 9.17) is 0 Å². The summed E-state index contributed by atoms with van der Waals surface area (Å²) in [4.78, 5) is 23.5. The molecule has 0 bridgehead atoms. The molecule has 1 aromatic carbocycles. The average molecular weight is 367 g/mol. The Hall–Kier alpha value is -2.20. The van der Waals surface area contributed by atoms with Gasteiger partial charge in [0, 0.05) is 11.6 Å². The number of thioether (sulfide) groups is 1. The van der Waals surface area contributed by atoms with Crippen molar-refractivity contribution in [1.29, 1.82) is 0 Å². The number of benzene rings is 1. The van der Waals surface area contributed by atoms with Crippen LogP contribution in [0.1, 0.15) is 23.2 Å². The maximum absolute atomic E-state index is 12.8. The highest BCUT2D eigenvalue weighted by Crippen LogP contribution is 2.29. The summed E-state index contributed by atoms with van der Waals surface area (Å²) in [6, 6.07) is 5.52. The molecule has 1 aliphatic rings. The van der Waals surface area contributed by atoms with Gasteiger partial charge < -0.3 is 5.32 Å². The normalized spacial score (nSPS) is 13.4. The molecule has 3 N–H and O–H groups in total.